The van der Waals surface area contributed by atoms with E-state index in [2.05, 4.69) is 21.6 Å². The Labute approximate surface area is 123 Å². The van der Waals surface area contributed by atoms with Crippen LogP contribution >= 0.6 is 0 Å². The van der Waals surface area contributed by atoms with Gasteiger partial charge in [0.15, 0.2) is 0 Å². The van der Waals surface area contributed by atoms with Gasteiger partial charge >= 0.3 is 0 Å². The molecular weight excluding hydrogens is 246 g/mol. The van der Waals surface area contributed by atoms with Crippen molar-refractivity contribution in [3.05, 3.63) is 24.0 Å². The minimum atomic E-state index is 0.663. The molecule has 1 aromatic rings. The third-order valence-electron chi connectivity index (χ3n) is 4.30. The van der Waals surface area contributed by atoms with Gasteiger partial charge in [-0.05, 0) is 25.0 Å². The highest BCUT2D eigenvalue weighted by Gasteiger charge is 2.09. The van der Waals surface area contributed by atoms with E-state index in [9.17, 15) is 0 Å². The quantitative estimate of drug-likeness (QED) is 0.896. The number of nitrogens with one attached hydrogen (secondary N) is 1. The average Bonchev–Trinajstić information content (AvgIpc) is 2.48. The second kappa shape index (κ2) is 9.87. The molecule has 0 radical (unpaired) electrons. The zero-order valence-electron chi connectivity index (χ0n) is 12.7. The summed E-state index contributed by atoms with van der Waals surface area (Å²) in [4.78, 5) is 0. The molecule has 0 spiro atoms. The van der Waals surface area contributed by atoms with Crippen molar-refractivity contribution in [2.75, 3.05) is 0 Å². The largest absolute Gasteiger partial charge is 0.308 e. The van der Waals surface area contributed by atoms with Crippen molar-refractivity contribution >= 4 is 0 Å². The van der Waals surface area contributed by atoms with Gasteiger partial charge in [-0.3, -0.25) is 0 Å². The summed E-state index contributed by atoms with van der Waals surface area (Å²) in [5, 5.41) is 11.8. The van der Waals surface area contributed by atoms with Gasteiger partial charge in [-0.1, -0.05) is 57.8 Å². The van der Waals surface area contributed by atoms with E-state index in [0.717, 1.165) is 12.2 Å². The van der Waals surface area contributed by atoms with Crippen LogP contribution in [-0.2, 0) is 6.54 Å². The summed E-state index contributed by atoms with van der Waals surface area (Å²) in [6.07, 6.45) is 17.1. The standard InChI is InChI=1S/C17H29N3/c1-2-4-6-8-11-16(12-9-7-5-3-1)18-15-17-13-10-14-19-20-17/h10,13-14,16,18H,1-9,11-12,15H2. The maximum atomic E-state index is 4.15. The average molecular weight is 275 g/mol. The van der Waals surface area contributed by atoms with Crippen molar-refractivity contribution in [1.29, 1.82) is 0 Å². The molecule has 0 aliphatic heterocycles. The lowest BCUT2D eigenvalue weighted by atomic mass is 9.98. The summed E-state index contributed by atoms with van der Waals surface area (Å²) in [5.74, 6) is 0. The maximum Gasteiger partial charge on any atom is 0.0769 e. The molecule has 1 heterocycles. The monoisotopic (exact) mass is 275 g/mol. The number of aromatic nitrogens is 2. The molecule has 1 N–H and O–H groups in total. The van der Waals surface area contributed by atoms with Crippen molar-refractivity contribution in [2.24, 2.45) is 0 Å². The fraction of sp³-hybridized carbons (Fsp3) is 0.765. The number of hydrogen-bond donors (Lipinski definition) is 1. The van der Waals surface area contributed by atoms with Gasteiger partial charge in [-0.15, -0.1) is 0 Å². The molecule has 1 aliphatic carbocycles. The molecule has 112 valence electrons. The highest BCUT2D eigenvalue weighted by atomic mass is 15.1. The van der Waals surface area contributed by atoms with E-state index in [1.54, 1.807) is 6.20 Å². The van der Waals surface area contributed by atoms with Crippen LogP contribution in [0.5, 0.6) is 0 Å². The lowest BCUT2D eigenvalue weighted by Crippen LogP contribution is -2.29. The fourth-order valence-electron chi connectivity index (χ4n) is 3.04. The Bertz CT molecular complexity index is 327. The van der Waals surface area contributed by atoms with E-state index in [4.69, 9.17) is 0 Å². The second-order valence-electron chi connectivity index (χ2n) is 6.05. The van der Waals surface area contributed by atoms with E-state index in [1.165, 1.54) is 70.6 Å². The lowest BCUT2D eigenvalue weighted by molar-refractivity contribution is 0.401. The molecule has 1 fully saturated rings. The summed E-state index contributed by atoms with van der Waals surface area (Å²) in [6, 6.07) is 4.68. The van der Waals surface area contributed by atoms with Crippen LogP contribution in [0.4, 0.5) is 0 Å². The van der Waals surface area contributed by atoms with Crippen LogP contribution in [0.2, 0.25) is 0 Å². The van der Waals surface area contributed by atoms with Crippen molar-refractivity contribution in [2.45, 2.75) is 83.2 Å². The predicted molar refractivity (Wildman–Crippen MR) is 83.4 cm³/mol. The molecule has 0 saturated heterocycles. The summed E-state index contributed by atoms with van der Waals surface area (Å²) in [7, 11) is 0. The minimum absolute atomic E-state index is 0.663. The molecule has 1 saturated carbocycles. The minimum Gasteiger partial charge on any atom is -0.308 e. The molecule has 0 atom stereocenters. The van der Waals surface area contributed by atoms with Crippen molar-refractivity contribution in [3.8, 4) is 0 Å². The topological polar surface area (TPSA) is 37.8 Å². The molecule has 0 aromatic carbocycles. The van der Waals surface area contributed by atoms with Crippen molar-refractivity contribution in [1.82, 2.24) is 15.5 Å². The molecule has 1 aliphatic rings. The van der Waals surface area contributed by atoms with Crippen LogP contribution in [0, 0.1) is 0 Å². The van der Waals surface area contributed by atoms with Gasteiger partial charge < -0.3 is 5.32 Å². The second-order valence-corrected chi connectivity index (χ2v) is 6.05. The predicted octanol–water partition coefficient (Wildman–Crippen LogP) is 4.24. The van der Waals surface area contributed by atoms with Gasteiger partial charge in [0.2, 0.25) is 0 Å². The fourth-order valence-corrected chi connectivity index (χ4v) is 3.04. The zero-order valence-corrected chi connectivity index (χ0v) is 12.7. The lowest BCUT2D eigenvalue weighted by Gasteiger charge is -2.19. The van der Waals surface area contributed by atoms with Crippen LogP contribution < -0.4 is 5.32 Å². The number of hydrogen-bond acceptors (Lipinski definition) is 3. The number of nitrogens with zero attached hydrogens (tertiary/aromatic N) is 2. The molecule has 0 bridgehead atoms. The van der Waals surface area contributed by atoms with Crippen molar-refractivity contribution < 1.29 is 0 Å². The highest BCUT2D eigenvalue weighted by molar-refractivity contribution is 4.98. The van der Waals surface area contributed by atoms with Gasteiger partial charge in [-0.2, -0.15) is 10.2 Å². The Morgan fingerprint density at radius 3 is 2.05 bits per heavy atom. The van der Waals surface area contributed by atoms with Gasteiger partial charge in [-0.25, -0.2) is 0 Å². The first-order valence-corrected chi connectivity index (χ1v) is 8.45. The maximum absolute atomic E-state index is 4.15. The molecule has 3 heteroatoms. The molecule has 0 unspecified atom stereocenters. The molecule has 1 aromatic heterocycles. The van der Waals surface area contributed by atoms with E-state index < -0.39 is 0 Å². The normalized spacial score (nSPS) is 20.0. The van der Waals surface area contributed by atoms with E-state index >= 15 is 0 Å². The van der Waals surface area contributed by atoms with Crippen LogP contribution in [0.25, 0.3) is 0 Å². The van der Waals surface area contributed by atoms with Crippen LogP contribution in [0.1, 0.15) is 76.3 Å². The van der Waals surface area contributed by atoms with Crippen LogP contribution in [0.3, 0.4) is 0 Å². The molecular formula is C17H29N3. The van der Waals surface area contributed by atoms with Gasteiger partial charge in [0, 0.05) is 18.8 Å². The third-order valence-corrected chi connectivity index (χ3v) is 4.30. The summed E-state index contributed by atoms with van der Waals surface area (Å²) >= 11 is 0. The number of rotatable bonds is 3. The van der Waals surface area contributed by atoms with Crippen molar-refractivity contribution in [3.63, 3.8) is 0 Å². The Balaban J connectivity index is 1.74. The van der Waals surface area contributed by atoms with Crippen LogP contribution in [0.15, 0.2) is 18.3 Å². The zero-order chi connectivity index (χ0) is 13.9. The third kappa shape index (κ3) is 6.47. The van der Waals surface area contributed by atoms with E-state index in [0.29, 0.717) is 6.04 Å². The van der Waals surface area contributed by atoms with Crippen LogP contribution in [-0.4, -0.2) is 16.2 Å². The van der Waals surface area contributed by atoms with Gasteiger partial charge in [0.1, 0.15) is 0 Å². The first-order chi connectivity index (χ1) is 9.95. The summed E-state index contributed by atoms with van der Waals surface area (Å²) < 4.78 is 0. The van der Waals surface area contributed by atoms with E-state index in [-0.39, 0.29) is 0 Å². The molecule has 20 heavy (non-hydrogen) atoms. The highest BCUT2D eigenvalue weighted by Crippen LogP contribution is 2.17. The summed E-state index contributed by atoms with van der Waals surface area (Å²) in [6.45, 7) is 0.860. The summed E-state index contributed by atoms with van der Waals surface area (Å²) in [5.41, 5.74) is 1.05. The van der Waals surface area contributed by atoms with E-state index in [1.807, 2.05) is 6.07 Å². The smallest absolute Gasteiger partial charge is 0.0769 e. The molecule has 3 nitrogen and oxygen atoms in total. The molecule has 2 rings (SSSR count). The Morgan fingerprint density at radius 2 is 1.50 bits per heavy atom. The molecule has 0 amide bonds. The van der Waals surface area contributed by atoms with Gasteiger partial charge in [0.25, 0.3) is 0 Å². The Kier molecular flexibility index (Phi) is 7.61. The Morgan fingerprint density at radius 1 is 0.900 bits per heavy atom. The SMILES string of the molecule is c1cnnc(CNC2CCCCCCCCCCC2)c1. The Hall–Kier alpha value is -0.960. The first kappa shape index (κ1) is 15.4. The first-order valence-electron chi connectivity index (χ1n) is 8.45. The van der Waals surface area contributed by atoms with Gasteiger partial charge in [0.05, 0.1) is 5.69 Å².